The zero-order valence-electron chi connectivity index (χ0n) is 14.8. The number of amides is 1. The summed E-state index contributed by atoms with van der Waals surface area (Å²) in [5.41, 5.74) is 2.06. The van der Waals surface area contributed by atoms with Crippen LogP contribution in [0.5, 0.6) is 5.75 Å². The number of carbonyl (C=O) groups excluding carboxylic acids is 1. The summed E-state index contributed by atoms with van der Waals surface area (Å²) in [7, 11) is 1.37. The number of hydrogen-bond donors (Lipinski definition) is 1. The number of hydrogen-bond acceptors (Lipinski definition) is 3. The van der Waals surface area contributed by atoms with Gasteiger partial charge in [0, 0.05) is 24.4 Å². The van der Waals surface area contributed by atoms with Gasteiger partial charge in [0.15, 0.2) is 11.6 Å². The summed E-state index contributed by atoms with van der Waals surface area (Å²) in [6.45, 7) is 0.801. The lowest BCUT2D eigenvalue weighted by Crippen LogP contribution is -2.23. The van der Waals surface area contributed by atoms with Crippen LogP contribution in [0.3, 0.4) is 0 Å². The number of rotatable bonds is 6. The summed E-state index contributed by atoms with van der Waals surface area (Å²) >= 11 is 0. The van der Waals surface area contributed by atoms with Crippen LogP contribution in [0, 0.1) is 5.82 Å². The predicted molar refractivity (Wildman–Crippen MR) is 100 cm³/mol. The monoisotopic (exact) mass is 366 g/mol. The Balaban J connectivity index is 1.60. The van der Waals surface area contributed by atoms with Crippen molar-refractivity contribution in [3.8, 4) is 5.75 Å². The average molecular weight is 366 g/mol. The van der Waals surface area contributed by atoms with Gasteiger partial charge in [0.2, 0.25) is 0 Å². The Morgan fingerprint density at radius 1 is 1.07 bits per heavy atom. The molecule has 0 aliphatic rings. The van der Waals surface area contributed by atoms with E-state index >= 15 is 0 Å². The number of halogens is 1. The molecule has 0 saturated carbocycles. The van der Waals surface area contributed by atoms with Crippen molar-refractivity contribution in [1.82, 2.24) is 9.88 Å². The molecule has 0 spiro atoms. The summed E-state index contributed by atoms with van der Waals surface area (Å²) in [5.74, 6) is -0.846. The first-order valence-electron chi connectivity index (χ1n) is 8.42. The molecule has 6 heteroatoms. The number of aromatic nitrogens is 1. The topological polar surface area (TPSA) is 60.3 Å². The SMILES string of the molecule is COc1ccc(C(=O)NCc2ccc(Cn3ccccc3=O)cc2)cc1F. The van der Waals surface area contributed by atoms with Crippen LogP contribution in [0.2, 0.25) is 0 Å². The molecule has 5 nitrogen and oxygen atoms in total. The molecule has 1 aromatic heterocycles. The third-order valence-electron chi connectivity index (χ3n) is 4.14. The summed E-state index contributed by atoms with van der Waals surface area (Å²) in [6.07, 6.45) is 1.74. The van der Waals surface area contributed by atoms with Gasteiger partial charge in [-0.3, -0.25) is 9.59 Å². The minimum Gasteiger partial charge on any atom is -0.494 e. The lowest BCUT2D eigenvalue weighted by Gasteiger charge is -2.09. The van der Waals surface area contributed by atoms with E-state index in [2.05, 4.69) is 5.32 Å². The van der Waals surface area contributed by atoms with E-state index in [1.54, 1.807) is 16.8 Å². The third-order valence-corrected chi connectivity index (χ3v) is 4.14. The Bertz CT molecular complexity index is 997. The lowest BCUT2D eigenvalue weighted by atomic mass is 10.1. The molecule has 1 N–H and O–H groups in total. The first-order chi connectivity index (χ1) is 13.1. The Hall–Kier alpha value is -3.41. The zero-order valence-corrected chi connectivity index (χ0v) is 14.8. The molecular weight excluding hydrogens is 347 g/mol. The molecule has 0 atom stereocenters. The highest BCUT2D eigenvalue weighted by atomic mass is 19.1. The molecule has 0 aliphatic carbocycles. The van der Waals surface area contributed by atoms with Gasteiger partial charge >= 0.3 is 0 Å². The van der Waals surface area contributed by atoms with Crippen LogP contribution in [0.4, 0.5) is 4.39 Å². The number of methoxy groups -OCH3 is 1. The van der Waals surface area contributed by atoms with Crippen molar-refractivity contribution in [2.45, 2.75) is 13.1 Å². The second-order valence-corrected chi connectivity index (χ2v) is 6.02. The van der Waals surface area contributed by atoms with Gasteiger partial charge in [-0.1, -0.05) is 30.3 Å². The van der Waals surface area contributed by atoms with Crippen molar-refractivity contribution in [2.24, 2.45) is 0 Å². The largest absolute Gasteiger partial charge is 0.494 e. The van der Waals surface area contributed by atoms with Crippen LogP contribution in [0.25, 0.3) is 0 Å². The van der Waals surface area contributed by atoms with Crippen LogP contribution >= 0.6 is 0 Å². The molecule has 0 bridgehead atoms. The van der Waals surface area contributed by atoms with Gasteiger partial charge in [-0.25, -0.2) is 4.39 Å². The molecule has 138 valence electrons. The number of carbonyl (C=O) groups is 1. The smallest absolute Gasteiger partial charge is 0.251 e. The maximum atomic E-state index is 13.7. The van der Waals surface area contributed by atoms with E-state index in [4.69, 9.17) is 4.74 Å². The molecule has 0 unspecified atom stereocenters. The van der Waals surface area contributed by atoms with Gasteiger partial charge in [-0.2, -0.15) is 0 Å². The first kappa shape index (κ1) is 18.4. The molecule has 2 aromatic carbocycles. The molecule has 0 radical (unpaired) electrons. The molecule has 0 aliphatic heterocycles. The second kappa shape index (κ2) is 8.31. The van der Waals surface area contributed by atoms with Gasteiger partial charge in [-0.15, -0.1) is 0 Å². The summed E-state index contributed by atoms with van der Waals surface area (Å²) in [6, 6.07) is 16.7. The highest BCUT2D eigenvalue weighted by molar-refractivity contribution is 5.94. The molecule has 0 fully saturated rings. The standard InChI is InChI=1S/C21H19FN2O3/c1-27-19-10-9-17(12-18(19)22)21(26)23-13-15-5-7-16(8-6-15)14-24-11-3-2-4-20(24)25/h2-12H,13-14H2,1H3,(H,23,26). The highest BCUT2D eigenvalue weighted by Gasteiger charge is 2.10. The molecule has 27 heavy (non-hydrogen) atoms. The minimum absolute atomic E-state index is 0.0550. The maximum Gasteiger partial charge on any atom is 0.251 e. The van der Waals surface area contributed by atoms with Crippen molar-refractivity contribution in [2.75, 3.05) is 7.11 Å². The third kappa shape index (κ3) is 4.61. The molecule has 0 saturated heterocycles. The van der Waals surface area contributed by atoms with Crippen molar-refractivity contribution in [3.05, 3.63) is 99.7 Å². The normalized spacial score (nSPS) is 10.4. The predicted octanol–water partition coefficient (Wildman–Crippen LogP) is 2.97. The van der Waals surface area contributed by atoms with E-state index in [1.807, 2.05) is 30.3 Å². The number of benzene rings is 2. The van der Waals surface area contributed by atoms with E-state index in [0.717, 1.165) is 17.2 Å². The summed E-state index contributed by atoms with van der Waals surface area (Å²) in [4.78, 5) is 23.9. The number of pyridine rings is 1. The van der Waals surface area contributed by atoms with Crippen molar-refractivity contribution in [1.29, 1.82) is 0 Å². The first-order valence-corrected chi connectivity index (χ1v) is 8.42. The zero-order chi connectivity index (χ0) is 19.2. The van der Waals surface area contributed by atoms with E-state index in [0.29, 0.717) is 13.1 Å². The Morgan fingerprint density at radius 3 is 2.48 bits per heavy atom. The number of nitrogens with zero attached hydrogens (tertiary/aromatic N) is 1. The van der Waals surface area contributed by atoms with Crippen LogP contribution in [-0.2, 0) is 13.1 Å². The fraction of sp³-hybridized carbons (Fsp3) is 0.143. The van der Waals surface area contributed by atoms with Crippen LogP contribution < -0.4 is 15.6 Å². The molecule has 3 aromatic rings. The van der Waals surface area contributed by atoms with Crippen LogP contribution in [-0.4, -0.2) is 17.6 Å². The van der Waals surface area contributed by atoms with Crippen LogP contribution in [0.15, 0.2) is 71.7 Å². The molecule has 1 heterocycles. The summed E-state index contributed by atoms with van der Waals surface area (Å²) in [5, 5.41) is 2.76. The number of nitrogens with one attached hydrogen (secondary N) is 1. The van der Waals surface area contributed by atoms with E-state index in [9.17, 15) is 14.0 Å². The van der Waals surface area contributed by atoms with Gasteiger partial charge in [0.25, 0.3) is 11.5 Å². The Labute approximate surface area is 156 Å². The van der Waals surface area contributed by atoms with Gasteiger partial charge < -0.3 is 14.6 Å². The van der Waals surface area contributed by atoms with E-state index < -0.39 is 5.82 Å². The minimum atomic E-state index is -0.578. The fourth-order valence-electron chi connectivity index (χ4n) is 2.64. The van der Waals surface area contributed by atoms with Gasteiger partial charge in [-0.05, 0) is 35.4 Å². The van der Waals surface area contributed by atoms with Crippen molar-refractivity contribution < 1.29 is 13.9 Å². The highest BCUT2D eigenvalue weighted by Crippen LogP contribution is 2.17. The molecule has 3 rings (SSSR count). The van der Waals surface area contributed by atoms with Crippen LogP contribution in [0.1, 0.15) is 21.5 Å². The van der Waals surface area contributed by atoms with E-state index in [-0.39, 0.29) is 22.8 Å². The summed E-state index contributed by atoms with van der Waals surface area (Å²) < 4.78 is 20.2. The molecular formula is C21H19FN2O3. The van der Waals surface area contributed by atoms with E-state index in [1.165, 1.54) is 25.3 Å². The van der Waals surface area contributed by atoms with Crippen molar-refractivity contribution in [3.63, 3.8) is 0 Å². The van der Waals surface area contributed by atoms with Gasteiger partial charge in [0.1, 0.15) is 0 Å². The molecule has 1 amide bonds. The quantitative estimate of drug-likeness (QED) is 0.730. The number of ether oxygens (including phenoxy) is 1. The lowest BCUT2D eigenvalue weighted by molar-refractivity contribution is 0.0950. The van der Waals surface area contributed by atoms with Gasteiger partial charge in [0.05, 0.1) is 13.7 Å². The Kier molecular flexibility index (Phi) is 5.66. The average Bonchev–Trinajstić information content (AvgIpc) is 2.69. The fourth-order valence-corrected chi connectivity index (χ4v) is 2.64. The maximum absolute atomic E-state index is 13.7. The van der Waals surface area contributed by atoms with Crippen molar-refractivity contribution >= 4 is 5.91 Å². The Morgan fingerprint density at radius 2 is 1.81 bits per heavy atom. The second-order valence-electron chi connectivity index (χ2n) is 6.02.